The molecule has 0 aliphatic heterocycles. The van der Waals surface area contributed by atoms with E-state index in [2.05, 4.69) is 11.1 Å². The summed E-state index contributed by atoms with van der Waals surface area (Å²) in [5.74, 6) is 0.913. The second-order valence-corrected chi connectivity index (χ2v) is 5.61. The summed E-state index contributed by atoms with van der Waals surface area (Å²) in [5.41, 5.74) is 7.93. The lowest BCUT2D eigenvalue weighted by molar-refractivity contribution is 0.777. The Kier molecular flexibility index (Phi) is 4.64. The molecule has 0 amide bonds. The molecule has 0 spiro atoms. The monoisotopic (exact) mass is 278 g/mol. The van der Waals surface area contributed by atoms with Crippen molar-refractivity contribution in [3.8, 4) is 0 Å². The van der Waals surface area contributed by atoms with Crippen molar-refractivity contribution in [1.29, 1.82) is 0 Å². The average molecular weight is 279 g/mol. The highest BCUT2D eigenvalue weighted by molar-refractivity contribution is 7.98. The third-order valence-electron chi connectivity index (χ3n) is 2.54. The van der Waals surface area contributed by atoms with Crippen molar-refractivity contribution in [1.82, 2.24) is 4.98 Å². The quantitative estimate of drug-likeness (QED) is 0.858. The minimum atomic E-state index is -0.0136. The van der Waals surface area contributed by atoms with Crippen molar-refractivity contribution < 1.29 is 0 Å². The Morgan fingerprint density at radius 1 is 1.22 bits per heavy atom. The molecule has 0 fully saturated rings. The van der Waals surface area contributed by atoms with Gasteiger partial charge in [-0.1, -0.05) is 23.7 Å². The number of thioether (sulfide) groups is 1. The molecule has 0 radical (unpaired) electrons. The first kappa shape index (κ1) is 13.4. The zero-order valence-electron chi connectivity index (χ0n) is 10.1. The summed E-state index contributed by atoms with van der Waals surface area (Å²) in [4.78, 5) is 5.49. The fourth-order valence-electron chi connectivity index (χ4n) is 1.49. The first-order valence-electron chi connectivity index (χ1n) is 5.74. The van der Waals surface area contributed by atoms with Crippen molar-refractivity contribution in [2.24, 2.45) is 5.73 Å². The lowest BCUT2D eigenvalue weighted by Gasteiger charge is -2.06. The van der Waals surface area contributed by atoms with E-state index in [1.54, 1.807) is 11.8 Å². The molecule has 2 rings (SSSR count). The molecule has 0 aliphatic rings. The molecule has 1 aromatic heterocycles. The first-order chi connectivity index (χ1) is 8.65. The summed E-state index contributed by atoms with van der Waals surface area (Å²) in [6.07, 6.45) is 1.87. The maximum atomic E-state index is 5.85. The minimum absolute atomic E-state index is 0.0136. The highest BCUT2D eigenvalue weighted by Crippen LogP contribution is 2.23. The molecule has 2 aromatic rings. The number of hydrogen-bond donors (Lipinski definition) is 1. The Labute approximate surface area is 117 Å². The lowest BCUT2D eigenvalue weighted by atomic mass is 10.2. The topological polar surface area (TPSA) is 38.9 Å². The van der Waals surface area contributed by atoms with Crippen LogP contribution in [0, 0.1) is 0 Å². The van der Waals surface area contributed by atoms with Crippen LogP contribution in [0.3, 0.4) is 0 Å². The van der Waals surface area contributed by atoms with Crippen molar-refractivity contribution in [3.63, 3.8) is 0 Å². The van der Waals surface area contributed by atoms with E-state index >= 15 is 0 Å². The molecular formula is C14H15ClN2S. The van der Waals surface area contributed by atoms with Gasteiger partial charge in [-0.15, -0.1) is 11.8 Å². The molecule has 2 N–H and O–H groups in total. The minimum Gasteiger partial charge on any atom is -0.323 e. The fraction of sp³-hybridized carbons (Fsp3) is 0.214. The van der Waals surface area contributed by atoms with Crippen molar-refractivity contribution >= 4 is 23.4 Å². The molecule has 0 saturated carbocycles. The predicted molar refractivity (Wildman–Crippen MR) is 77.9 cm³/mol. The third kappa shape index (κ3) is 3.73. The van der Waals surface area contributed by atoms with Gasteiger partial charge in [-0.3, -0.25) is 4.98 Å². The number of pyridine rings is 1. The molecule has 1 atom stereocenters. The van der Waals surface area contributed by atoms with Gasteiger partial charge in [0.2, 0.25) is 0 Å². The fourth-order valence-corrected chi connectivity index (χ4v) is 2.44. The Bertz CT molecular complexity index is 494. The van der Waals surface area contributed by atoms with Crippen molar-refractivity contribution in [2.75, 3.05) is 0 Å². The van der Waals surface area contributed by atoms with Crippen LogP contribution in [0.25, 0.3) is 0 Å². The van der Waals surface area contributed by atoms with Crippen LogP contribution in [0.2, 0.25) is 5.02 Å². The second-order valence-electron chi connectivity index (χ2n) is 4.12. The summed E-state index contributed by atoms with van der Waals surface area (Å²) < 4.78 is 0. The molecule has 2 nitrogen and oxygen atoms in total. The average Bonchev–Trinajstić information content (AvgIpc) is 2.38. The standard InChI is InChI=1S/C14H15ClN2S/c1-10(16)14-7-6-13(8-17-14)18-9-11-2-4-12(15)5-3-11/h2-8,10H,9,16H2,1H3/t10-/m1/s1. The van der Waals surface area contributed by atoms with Crippen LogP contribution in [0.4, 0.5) is 0 Å². The predicted octanol–water partition coefficient (Wildman–Crippen LogP) is 4.05. The van der Waals surface area contributed by atoms with Gasteiger partial charge in [-0.05, 0) is 36.8 Å². The first-order valence-corrected chi connectivity index (χ1v) is 7.10. The van der Waals surface area contributed by atoms with Crippen LogP contribution >= 0.6 is 23.4 Å². The molecule has 94 valence electrons. The second kappa shape index (κ2) is 6.23. The number of nitrogens with two attached hydrogens (primary N) is 1. The Hall–Kier alpha value is -1.03. The van der Waals surface area contributed by atoms with Gasteiger partial charge in [-0.2, -0.15) is 0 Å². The zero-order chi connectivity index (χ0) is 13.0. The maximum Gasteiger partial charge on any atom is 0.0569 e. The SMILES string of the molecule is C[C@@H](N)c1ccc(SCc2ccc(Cl)cc2)cn1. The number of nitrogens with zero attached hydrogens (tertiary/aromatic N) is 1. The molecule has 0 saturated heterocycles. The van der Waals surface area contributed by atoms with Gasteiger partial charge in [-0.25, -0.2) is 0 Å². The van der Waals surface area contributed by atoms with E-state index in [1.165, 1.54) is 5.56 Å². The maximum absolute atomic E-state index is 5.85. The van der Waals surface area contributed by atoms with E-state index in [1.807, 2.05) is 43.5 Å². The van der Waals surface area contributed by atoms with Gasteiger partial charge in [0, 0.05) is 27.9 Å². The normalized spacial score (nSPS) is 12.4. The molecule has 4 heteroatoms. The Morgan fingerprint density at radius 3 is 2.50 bits per heavy atom. The van der Waals surface area contributed by atoms with E-state index in [0.717, 1.165) is 21.4 Å². The Morgan fingerprint density at radius 2 is 1.94 bits per heavy atom. The van der Waals surface area contributed by atoms with Crippen LogP contribution in [-0.4, -0.2) is 4.98 Å². The highest BCUT2D eigenvalue weighted by atomic mass is 35.5. The van der Waals surface area contributed by atoms with E-state index in [4.69, 9.17) is 17.3 Å². The van der Waals surface area contributed by atoms with Crippen molar-refractivity contribution in [2.45, 2.75) is 23.6 Å². The Balaban J connectivity index is 1.95. The summed E-state index contributed by atoms with van der Waals surface area (Å²) in [6, 6.07) is 11.9. The molecule has 1 aromatic carbocycles. The molecule has 0 bridgehead atoms. The van der Waals surface area contributed by atoms with E-state index < -0.39 is 0 Å². The van der Waals surface area contributed by atoms with Gasteiger partial charge in [0.1, 0.15) is 0 Å². The molecule has 0 unspecified atom stereocenters. The van der Waals surface area contributed by atoms with Gasteiger partial charge in [0.15, 0.2) is 0 Å². The smallest absolute Gasteiger partial charge is 0.0569 e. The van der Waals surface area contributed by atoms with Crippen LogP contribution in [-0.2, 0) is 5.75 Å². The van der Waals surface area contributed by atoms with Gasteiger partial charge >= 0.3 is 0 Å². The van der Waals surface area contributed by atoms with Crippen LogP contribution in [0.15, 0.2) is 47.5 Å². The largest absolute Gasteiger partial charge is 0.323 e. The summed E-state index contributed by atoms with van der Waals surface area (Å²) in [7, 11) is 0. The third-order valence-corrected chi connectivity index (χ3v) is 3.85. The molecule has 18 heavy (non-hydrogen) atoms. The van der Waals surface area contributed by atoms with Gasteiger partial charge in [0.05, 0.1) is 5.69 Å². The van der Waals surface area contributed by atoms with E-state index in [-0.39, 0.29) is 6.04 Å². The van der Waals surface area contributed by atoms with E-state index in [9.17, 15) is 0 Å². The number of benzene rings is 1. The molecular weight excluding hydrogens is 264 g/mol. The van der Waals surface area contributed by atoms with Crippen LogP contribution < -0.4 is 5.73 Å². The van der Waals surface area contributed by atoms with Gasteiger partial charge < -0.3 is 5.73 Å². The summed E-state index contributed by atoms with van der Waals surface area (Å²) >= 11 is 7.60. The van der Waals surface area contributed by atoms with E-state index in [0.29, 0.717) is 0 Å². The summed E-state index contributed by atoms with van der Waals surface area (Å²) in [5, 5.41) is 0.770. The summed E-state index contributed by atoms with van der Waals surface area (Å²) in [6.45, 7) is 1.93. The molecule has 0 aliphatic carbocycles. The van der Waals surface area contributed by atoms with Crippen LogP contribution in [0.5, 0.6) is 0 Å². The number of aromatic nitrogens is 1. The number of hydrogen-bond acceptors (Lipinski definition) is 3. The lowest BCUT2D eigenvalue weighted by Crippen LogP contribution is -2.06. The number of rotatable bonds is 4. The van der Waals surface area contributed by atoms with Gasteiger partial charge in [0.25, 0.3) is 0 Å². The number of halogens is 1. The van der Waals surface area contributed by atoms with Crippen molar-refractivity contribution in [3.05, 3.63) is 58.9 Å². The van der Waals surface area contributed by atoms with Crippen LogP contribution in [0.1, 0.15) is 24.2 Å². The zero-order valence-corrected chi connectivity index (χ0v) is 11.7. The highest BCUT2D eigenvalue weighted by Gasteiger charge is 2.01. The molecule has 1 heterocycles.